The van der Waals surface area contributed by atoms with Gasteiger partial charge in [0, 0.05) is 11.1 Å². The summed E-state index contributed by atoms with van der Waals surface area (Å²) in [5.74, 6) is -0.155. The molecule has 112 valence electrons. The van der Waals surface area contributed by atoms with Gasteiger partial charge < -0.3 is 15.0 Å². The van der Waals surface area contributed by atoms with E-state index < -0.39 is 0 Å². The Morgan fingerprint density at radius 2 is 2.05 bits per heavy atom. The number of hydrogen-bond donors (Lipinski definition) is 2. The summed E-state index contributed by atoms with van der Waals surface area (Å²) in [5.41, 5.74) is 0.605. The first kappa shape index (κ1) is 16.4. The number of methoxy groups -OCH3 is 1. The highest BCUT2D eigenvalue weighted by Gasteiger charge is 2.17. The van der Waals surface area contributed by atoms with Gasteiger partial charge in [-0.2, -0.15) is 0 Å². The molecule has 0 heterocycles. The zero-order valence-electron chi connectivity index (χ0n) is 12.8. The molecule has 1 rings (SSSR count). The second kappa shape index (κ2) is 6.70. The van der Waals surface area contributed by atoms with Crippen LogP contribution < -0.4 is 15.0 Å². The molecule has 0 aliphatic heterocycles. The lowest BCUT2D eigenvalue weighted by Crippen LogP contribution is -3.09. The smallest absolute Gasteiger partial charge is 0.275 e. The van der Waals surface area contributed by atoms with Crippen LogP contribution in [0.3, 0.4) is 0 Å². The predicted molar refractivity (Wildman–Crippen MR) is 76.3 cm³/mol. The van der Waals surface area contributed by atoms with E-state index in [0.29, 0.717) is 13.1 Å². The third-order valence-corrected chi connectivity index (χ3v) is 2.70. The molecule has 0 radical (unpaired) electrons. The molecule has 2 N–H and O–H groups in total. The molecule has 0 bridgehead atoms. The van der Waals surface area contributed by atoms with Gasteiger partial charge in [0.25, 0.3) is 5.91 Å². The first-order valence-electron chi connectivity index (χ1n) is 6.66. The second-order valence-electron chi connectivity index (χ2n) is 6.08. The van der Waals surface area contributed by atoms with Crippen molar-refractivity contribution in [3.05, 3.63) is 29.6 Å². The highest BCUT2D eigenvalue weighted by Crippen LogP contribution is 2.16. The van der Waals surface area contributed by atoms with Crippen molar-refractivity contribution in [2.45, 2.75) is 32.9 Å². The minimum absolute atomic E-state index is 0.0102. The fraction of sp³-hybridized carbons (Fsp3) is 0.533. The van der Waals surface area contributed by atoms with Gasteiger partial charge in [0.05, 0.1) is 14.2 Å². The lowest BCUT2D eigenvalue weighted by molar-refractivity contribution is -0.885. The van der Waals surface area contributed by atoms with Crippen LogP contribution in [0.15, 0.2) is 18.2 Å². The van der Waals surface area contributed by atoms with Crippen LogP contribution >= 0.6 is 0 Å². The first-order chi connectivity index (χ1) is 9.21. The Balaban J connectivity index is 2.56. The fourth-order valence-corrected chi connectivity index (χ4v) is 1.97. The van der Waals surface area contributed by atoms with E-state index in [1.165, 1.54) is 13.2 Å². The highest BCUT2D eigenvalue weighted by molar-refractivity contribution is 5.77. The molecule has 1 aromatic carbocycles. The van der Waals surface area contributed by atoms with E-state index in [2.05, 4.69) is 5.32 Å². The molecule has 0 aliphatic rings. The maximum absolute atomic E-state index is 13.6. The summed E-state index contributed by atoms with van der Waals surface area (Å²) < 4.78 is 18.5. The number of benzene rings is 1. The van der Waals surface area contributed by atoms with Gasteiger partial charge in [-0.15, -0.1) is 0 Å². The summed E-state index contributed by atoms with van der Waals surface area (Å²) in [6, 6.07) is 4.87. The molecule has 0 fully saturated rings. The number of rotatable bonds is 5. The third-order valence-electron chi connectivity index (χ3n) is 2.70. The number of halogens is 1. The Kier molecular flexibility index (Phi) is 5.51. The topological polar surface area (TPSA) is 42.8 Å². The Morgan fingerprint density at radius 3 is 2.55 bits per heavy atom. The fourth-order valence-electron chi connectivity index (χ4n) is 1.97. The summed E-state index contributed by atoms with van der Waals surface area (Å²) in [7, 11) is 3.34. The van der Waals surface area contributed by atoms with Crippen LogP contribution in [0.1, 0.15) is 26.3 Å². The average Bonchev–Trinajstić information content (AvgIpc) is 2.25. The van der Waals surface area contributed by atoms with Gasteiger partial charge in [-0.3, -0.25) is 4.79 Å². The van der Waals surface area contributed by atoms with Gasteiger partial charge in [0.2, 0.25) is 0 Å². The number of carbonyl (C=O) groups is 1. The third kappa shape index (κ3) is 5.57. The molecule has 1 aromatic rings. The number of ether oxygens (including phenoxy) is 1. The van der Waals surface area contributed by atoms with Crippen molar-refractivity contribution in [1.82, 2.24) is 5.32 Å². The van der Waals surface area contributed by atoms with Crippen LogP contribution in [-0.2, 0) is 11.3 Å². The largest absolute Gasteiger partial charge is 0.494 e. The number of nitrogens with one attached hydrogen (secondary N) is 2. The van der Waals surface area contributed by atoms with Crippen LogP contribution in [0.4, 0.5) is 4.39 Å². The lowest BCUT2D eigenvalue weighted by atomic mass is 10.1. The lowest BCUT2D eigenvalue weighted by Gasteiger charge is -2.22. The molecule has 1 unspecified atom stereocenters. The highest BCUT2D eigenvalue weighted by atomic mass is 19.1. The Hall–Kier alpha value is -1.62. The Morgan fingerprint density at radius 1 is 1.40 bits per heavy atom. The van der Waals surface area contributed by atoms with E-state index in [0.717, 1.165) is 10.5 Å². The SMILES string of the molecule is COc1ccc(C[NH+](C)CC(=O)NC(C)(C)C)cc1F. The molecular formula is C15H24FN2O2+. The van der Waals surface area contributed by atoms with Crippen LogP contribution in [0, 0.1) is 5.82 Å². The molecule has 0 spiro atoms. The molecule has 5 heteroatoms. The zero-order valence-corrected chi connectivity index (χ0v) is 12.8. The van der Waals surface area contributed by atoms with Crippen molar-refractivity contribution in [3.8, 4) is 5.75 Å². The molecular weight excluding hydrogens is 259 g/mol. The average molecular weight is 283 g/mol. The number of hydrogen-bond acceptors (Lipinski definition) is 2. The van der Waals surface area contributed by atoms with E-state index in [4.69, 9.17) is 4.74 Å². The Bertz CT molecular complexity index is 469. The normalized spacial score (nSPS) is 12.9. The maximum atomic E-state index is 13.6. The summed E-state index contributed by atoms with van der Waals surface area (Å²) in [6.45, 7) is 6.76. The van der Waals surface area contributed by atoms with Crippen molar-refractivity contribution in [1.29, 1.82) is 0 Å². The van der Waals surface area contributed by atoms with Crippen molar-refractivity contribution in [2.24, 2.45) is 0 Å². The van der Waals surface area contributed by atoms with Gasteiger partial charge >= 0.3 is 0 Å². The van der Waals surface area contributed by atoms with Gasteiger partial charge in [-0.05, 0) is 39.0 Å². The number of carbonyl (C=O) groups excluding carboxylic acids is 1. The van der Waals surface area contributed by atoms with Crippen LogP contribution in [0.2, 0.25) is 0 Å². The first-order valence-corrected chi connectivity index (χ1v) is 6.66. The van der Waals surface area contributed by atoms with Gasteiger partial charge in [-0.1, -0.05) is 0 Å². The van der Waals surface area contributed by atoms with Gasteiger partial charge in [-0.25, -0.2) is 4.39 Å². The number of quaternary nitrogens is 1. The van der Waals surface area contributed by atoms with E-state index >= 15 is 0 Å². The molecule has 0 aliphatic carbocycles. The van der Waals surface area contributed by atoms with Crippen molar-refractivity contribution in [2.75, 3.05) is 20.7 Å². The predicted octanol–water partition coefficient (Wildman–Crippen LogP) is 0.764. The van der Waals surface area contributed by atoms with Crippen molar-refractivity contribution < 1.29 is 18.8 Å². The monoisotopic (exact) mass is 283 g/mol. The number of likely N-dealkylation sites (N-methyl/N-ethyl adjacent to an activating group) is 1. The number of amides is 1. The van der Waals surface area contributed by atoms with Gasteiger partial charge in [0.1, 0.15) is 6.54 Å². The molecule has 20 heavy (non-hydrogen) atoms. The zero-order chi connectivity index (χ0) is 15.3. The van der Waals surface area contributed by atoms with Crippen molar-refractivity contribution in [3.63, 3.8) is 0 Å². The molecule has 0 saturated heterocycles. The van der Waals surface area contributed by atoms with Crippen LogP contribution in [0.25, 0.3) is 0 Å². The Labute approximate surface area is 119 Å². The molecule has 1 amide bonds. The van der Waals surface area contributed by atoms with E-state index in [1.807, 2.05) is 33.9 Å². The standard InChI is InChI=1S/C15H23FN2O2/c1-15(2,3)17-14(19)10-18(4)9-11-6-7-13(20-5)12(16)8-11/h6-8H,9-10H2,1-5H3,(H,17,19)/p+1. The molecule has 0 aromatic heterocycles. The minimum Gasteiger partial charge on any atom is -0.494 e. The summed E-state index contributed by atoms with van der Waals surface area (Å²) in [5, 5.41) is 2.91. The van der Waals surface area contributed by atoms with Gasteiger partial charge in [0.15, 0.2) is 18.1 Å². The van der Waals surface area contributed by atoms with Crippen LogP contribution in [-0.4, -0.2) is 32.1 Å². The molecule has 1 atom stereocenters. The summed E-state index contributed by atoms with van der Waals surface area (Å²) >= 11 is 0. The second-order valence-corrected chi connectivity index (χ2v) is 6.08. The van der Waals surface area contributed by atoms with Crippen molar-refractivity contribution >= 4 is 5.91 Å². The molecule has 4 nitrogen and oxygen atoms in total. The minimum atomic E-state index is -0.378. The van der Waals surface area contributed by atoms with E-state index in [-0.39, 0.29) is 23.0 Å². The van der Waals surface area contributed by atoms with E-state index in [1.54, 1.807) is 6.07 Å². The summed E-state index contributed by atoms with van der Waals surface area (Å²) in [6.07, 6.45) is 0. The van der Waals surface area contributed by atoms with E-state index in [9.17, 15) is 9.18 Å². The maximum Gasteiger partial charge on any atom is 0.275 e. The summed E-state index contributed by atoms with van der Waals surface area (Å²) in [4.78, 5) is 12.8. The van der Waals surface area contributed by atoms with Crippen LogP contribution in [0.5, 0.6) is 5.75 Å². The quantitative estimate of drug-likeness (QED) is 0.838. The molecule has 0 saturated carbocycles.